The van der Waals surface area contributed by atoms with Crippen LogP contribution in [0.5, 0.6) is 0 Å². The van der Waals surface area contributed by atoms with Crippen LogP contribution in [0, 0.1) is 11.8 Å². The first-order chi connectivity index (χ1) is 5.96. The van der Waals surface area contributed by atoms with E-state index in [-0.39, 0.29) is 12.0 Å². The van der Waals surface area contributed by atoms with Crippen LogP contribution in [-0.4, -0.2) is 26.0 Å². The van der Waals surface area contributed by atoms with Gasteiger partial charge in [-0.3, -0.25) is 11.3 Å². The molecule has 0 aromatic carbocycles. The lowest BCUT2D eigenvalue weighted by molar-refractivity contribution is 0.306. The third-order valence-corrected chi connectivity index (χ3v) is 4.48. The minimum absolute atomic E-state index is 0.122. The van der Waals surface area contributed by atoms with E-state index in [0.29, 0.717) is 17.4 Å². The summed E-state index contributed by atoms with van der Waals surface area (Å²) in [5.74, 6) is 6.58. The van der Waals surface area contributed by atoms with Gasteiger partial charge in [-0.05, 0) is 18.3 Å². The zero-order chi connectivity index (χ0) is 10.1. The van der Waals surface area contributed by atoms with Gasteiger partial charge in [-0.1, -0.05) is 13.8 Å². The maximum Gasteiger partial charge on any atom is 0.150 e. The fourth-order valence-corrected chi connectivity index (χ4v) is 3.83. The summed E-state index contributed by atoms with van der Waals surface area (Å²) in [6.07, 6.45) is 0.745. The molecule has 0 amide bonds. The molecule has 0 spiro atoms. The Morgan fingerprint density at radius 2 is 2.08 bits per heavy atom. The molecule has 0 aromatic heterocycles. The number of rotatable bonds is 3. The van der Waals surface area contributed by atoms with Crippen LogP contribution in [0.15, 0.2) is 0 Å². The third kappa shape index (κ3) is 2.65. The molecule has 0 aliphatic carbocycles. The molecule has 1 rings (SSSR count). The van der Waals surface area contributed by atoms with Crippen LogP contribution in [0.3, 0.4) is 0 Å². The van der Waals surface area contributed by atoms with Crippen molar-refractivity contribution in [3.8, 4) is 0 Å². The normalized spacial score (nSPS) is 29.4. The first-order valence-electron chi connectivity index (χ1n) is 4.63. The van der Waals surface area contributed by atoms with Crippen molar-refractivity contribution >= 4 is 9.84 Å². The molecule has 1 aliphatic heterocycles. The van der Waals surface area contributed by atoms with Crippen molar-refractivity contribution < 1.29 is 8.42 Å². The van der Waals surface area contributed by atoms with Gasteiger partial charge in [-0.2, -0.15) is 0 Å². The van der Waals surface area contributed by atoms with Gasteiger partial charge in [-0.15, -0.1) is 0 Å². The van der Waals surface area contributed by atoms with Gasteiger partial charge in [0, 0.05) is 6.04 Å². The lowest BCUT2D eigenvalue weighted by atomic mass is 9.91. The van der Waals surface area contributed by atoms with Gasteiger partial charge in [0.15, 0.2) is 9.84 Å². The van der Waals surface area contributed by atoms with Crippen LogP contribution in [0.2, 0.25) is 0 Å². The van der Waals surface area contributed by atoms with E-state index in [1.807, 2.05) is 0 Å². The van der Waals surface area contributed by atoms with E-state index < -0.39 is 9.84 Å². The summed E-state index contributed by atoms with van der Waals surface area (Å²) >= 11 is 0. The number of sulfone groups is 1. The Balaban J connectivity index is 2.63. The Kier molecular flexibility index (Phi) is 3.32. The van der Waals surface area contributed by atoms with Crippen LogP contribution in [-0.2, 0) is 9.84 Å². The average Bonchev–Trinajstić information content (AvgIpc) is 2.31. The van der Waals surface area contributed by atoms with Gasteiger partial charge in [0.2, 0.25) is 0 Å². The second-order valence-corrected chi connectivity index (χ2v) is 6.33. The van der Waals surface area contributed by atoms with Gasteiger partial charge in [0.05, 0.1) is 11.5 Å². The maximum atomic E-state index is 11.2. The summed E-state index contributed by atoms with van der Waals surface area (Å²) in [6.45, 7) is 4.10. The topological polar surface area (TPSA) is 72.2 Å². The Hall–Kier alpha value is -0.130. The predicted octanol–water partition coefficient (Wildman–Crippen LogP) is -0.0910. The van der Waals surface area contributed by atoms with E-state index in [4.69, 9.17) is 5.84 Å². The molecule has 2 atom stereocenters. The fourth-order valence-electron chi connectivity index (χ4n) is 1.98. The van der Waals surface area contributed by atoms with Gasteiger partial charge in [0.1, 0.15) is 0 Å². The van der Waals surface area contributed by atoms with E-state index in [9.17, 15) is 8.42 Å². The van der Waals surface area contributed by atoms with Crippen molar-refractivity contribution in [2.24, 2.45) is 17.7 Å². The Labute approximate surface area is 79.8 Å². The lowest BCUT2D eigenvalue weighted by Crippen LogP contribution is -2.44. The standard InChI is InChI=1S/C8H18N2O2S/c1-6(2)8(10-9)7-3-4-13(11,12)5-7/h6-8,10H,3-5,9H2,1-2H3. The molecule has 1 saturated heterocycles. The number of hydrazine groups is 1. The quantitative estimate of drug-likeness (QED) is 0.500. The maximum absolute atomic E-state index is 11.2. The monoisotopic (exact) mass is 206 g/mol. The van der Waals surface area contributed by atoms with Crippen LogP contribution >= 0.6 is 0 Å². The molecular weight excluding hydrogens is 188 g/mol. The van der Waals surface area contributed by atoms with Crippen LogP contribution < -0.4 is 11.3 Å². The molecule has 1 heterocycles. The van der Waals surface area contributed by atoms with Crippen molar-refractivity contribution in [2.75, 3.05) is 11.5 Å². The molecule has 78 valence electrons. The summed E-state index contributed by atoms with van der Waals surface area (Å²) in [5.41, 5.74) is 2.72. The number of hydrogen-bond donors (Lipinski definition) is 2. The first-order valence-corrected chi connectivity index (χ1v) is 6.45. The zero-order valence-electron chi connectivity index (χ0n) is 8.16. The van der Waals surface area contributed by atoms with Crippen molar-refractivity contribution in [1.82, 2.24) is 5.43 Å². The van der Waals surface area contributed by atoms with Crippen molar-refractivity contribution in [3.05, 3.63) is 0 Å². The molecule has 0 saturated carbocycles. The van der Waals surface area contributed by atoms with Crippen LogP contribution in [0.1, 0.15) is 20.3 Å². The summed E-state index contributed by atoms with van der Waals surface area (Å²) in [4.78, 5) is 0. The minimum Gasteiger partial charge on any atom is -0.271 e. The lowest BCUT2D eigenvalue weighted by Gasteiger charge is -2.25. The summed E-state index contributed by atoms with van der Waals surface area (Å²) in [6, 6.07) is 0.122. The highest BCUT2D eigenvalue weighted by molar-refractivity contribution is 7.91. The van der Waals surface area contributed by atoms with Crippen LogP contribution in [0.25, 0.3) is 0 Å². The molecule has 1 fully saturated rings. The summed E-state index contributed by atoms with van der Waals surface area (Å²) in [5, 5.41) is 0. The molecule has 3 N–H and O–H groups in total. The summed E-state index contributed by atoms with van der Waals surface area (Å²) < 4.78 is 22.4. The molecule has 2 unspecified atom stereocenters. The molecule has 13 heavy (non-hydrogen) atoms. The number of nitrogens with one attached hydrogen (secondary N) is 1. The second-order valence-electron chi connectivity index (χ2n) is 4.10. The molecule has 0 bridgehead atoms. The molecular formula is C8H18N2O2S. The smallest absolute Gasteiger partial charge is 0.150 e. The SMILES string of the molecule is CC(C)C(NN)C1CCS(=O)(=O)C1. The van der Waals surface area contributed by atoms with Crippen LogP contribution in [0.4, 0.5) is 0 Å². The first kappa shape index (κ1) is 10.9. The fraction of sp³-hybridized carbons (Fsp3) is 1.00. The third-order valence-electron chi connectivity index (χ3n) is 2.69. The van der Waals surface area contributed by atoms with Crippen molar-refractivity contribution in [2.45, 2.75) is 26.3 Å². The Morgan fingerprint density at radius 1 is 1.46 bits per heavy atom. The van der Waals surface area contributed by atoms with E-state index >= 15 is 0 Å². The van der Waals surface area contributed by atoms with E-state index in [1.165, 1.54) is 0 Å². The van der Waals surface area contributed by atoms with Crippen molar-refractivity contribution in [1.29, 1.82) is 0 Å². The zero-order valence-corrected chi connectivity index (χ0v) is 8.97. The minimum atomic E-state index is -2.78. The highest BCUT2D eigenvalue weighted by Crippen LogP contribution is 2.24. The Bertz CT molecular complexity index is 261. The van der Waals surface area contributed by atoms with Crippen molar-refractivity contribution in [3.63, 3.8) is 0 Å². The predicted molar refractivity (Wildman–Crippen MR) is 52.7 cm³/mol. The largest absolute Gasteiger partial charge is 0.271 e. The highest BCUT2D eigenvalue weighted by atomic mass is 32.2. The highest BCUT2D eigenvalue weighted by Gasteiger charge is 2.34. The van der Waals surface area contributed by atoms with Gasteiger partial charge < -0.3 is 0 Å². The molecule has 4 nitrogen and oxygen atoms in total. The van der Waals surface area contributed by atoms with Gasteiger partial charge in [-0.25, -0.2) is 8.42 Å². The number of hydrogen-bond acceptors (Lipinski definition) is 4. The van der Waals surface area contributed by atoms with Gasteiger partial charge in [0.25, 0.3) is 0 Å². The molecule has 0 aromatic rings. The molecule has 5 heteroatoms. The van der Waals surface area contributed by atoms with E-state index in [2.05, 4.69) is 19.3 Å². The molecule has 1 aliphatic rings. The summed E-state index contributed by atoms with van der Waals surface area (Å²) in [7, 11) is -2.78. The van der Waals surface area contributed by atoms with Gasteiger partial charge >= 0.3 is 0 Å². The second kappa shape index (κ2) is 3.94. The molecule has 0 radical (unpaired) electrons. The van der Waals surface area contributed by atoms with E-state index in [1.54, 1.807) is 0 Å². The Morgan fingerprint density at radius 3 is 2.38 bits per heavy atom. The average molecular weight is 206 g/mol. The number of nitrogens with two attached hydrogens (primary N) is 1. The van der Waals surface area contributed by atoms with E-state index in [0.717, 1.165) is 6.42 Å².